The fourth-order valence-corrected chi connectivity index (χ4v) is 2.86. The van der Waals surface area contributed by atoms with Crippen LogP contribution < -0.4 is 5.32 Å². The number of amides is 2. The van der Waals surface area contributed by atoms with Gasteiger partial charge < -0.3 is 10.2 Å². The fraction of sp³-hybridized carbons (Fsp3) is 0.300. The third-order valence-corrected chi connectivity index (χ3v) is 4.36. The molecule has 4 heteroatoms. The zero-order valence-corrected chi connectivity index (χ0v) is 13.9. The summed E-state index contributed by atoms with van der Waals surface area (Å²) in [5.74, 6) is -0.0742. The molecule has 2 aromatic rings. The SMILES string of the molecule is Cc1ccc(CNC(=O)c2ccc(C(=O)N3CCCC3)cc2)cc1. The maximum Gasteiger partial charge on any atom is 0.253 e. The largest absolute Gasteiger partial charge is 0.348 e. The smallest absolute Gasteiger partial charge is 0.253 e. The summed E-state index contributed by atoms with van der Waals surface area (Å²) in [5, 5.41) is 2.90. The molecule has 4 nitrogen and oxygen atoms in total. The summed E-state index contributed by atoms with van der Waals surface area (Å²) in [6.45, 7) is 4.19. The number of carbonyl (C=O) groups is 2. The number of nitrogens with zero attached hydrogens (tertiary/aromatic N) is 1. The van der Waals surface area contributed by atoms with Crippen molar-refractivity contribution in [2.24, 2.45) is 0 Å². The lowest BCUT2D eigenvalue weighted by molar-refractivity contribution is 0.0792. The van der Waals surface area contributed by atoms with Crippen molar-refractivity contribution < 1.29 is 9.59 Å². The van der Waals surface area contributed by atoms with Crippen LogP contribution in [0.1, 0.15) is 44.7 Å². The first-order chi connectivity index (χ1) is 11.6. The molecule has 0 atom stereocenters. The van der Waals surface area contributed by atoms with Crippen LogP contribution in [0.25, 0.3) is 0 Å². The lowest BCUT2D eigenvalue weighted by atomic mass is 10.1. The van der Waals surface area contributed by atoms with Crippen LogP contribution in [-0.4, -0.2) is 29.8 Å². The maximum atomic E-state index is 12.3. The summed E-state index contributed by atoms with van der Waals surface area (Å²) >= 11 is 0. The highest BCUT2D eigenvalue weighted by atomic mass is 16.2. The van der Waals surface area contributed by atoms with Crippen molar-refractivity contribution in [3.63, 3.8) is 0 Å². The van der Waals surface area contributed by atoms with Crippen molar-refractivity contribution in [2.45, 2.75) is 26.3 Å². The van der Waals surface area contributed by atoms with Crippen LogP contribution >= 0.6 is 0 Å². The van der Waals surface area contributed by atoms with Crippen molar-refractivity contribution in [1.82, 2.24) is 10.2 Å². The minimum atomic E-state index is -0.129. The molecule has 1 fully saturated rings. The minimum Gasteiger partial charge on any atom is -0.348 e. The standard InChI is InChI=1S/C20H22N2O2/c1-15-4-6-16(7-5-15)14-21-19(23)17-8-10-18(11-9-17)20(24)22-12-2-3-13-22/h4-11H,2-3,12-14H2,1H3,(H,21,23). The summed E-state index contributed by atoms with van der Waals surface area (Å²) in [6.07, 6.45) is 2.15. The van der Waals surface area contributed by atoms with Crippen LogP contribution in [0.4, 0.5) is 0 Å². The first kappa shape index (κ1) is 16.2. The van der Waals surface area contributed by atoms with E-state index in [1.54, 1.807) is 24.3 Å². The third-order valence-electron chi connectivity index (χ3n) is 4.36. The van der Waals surface area contributed by atoms with Gasteiger partial charge in [0.25, 0.3) is 11.8 Å². The lowest BCUT2D eigenvalue weighted by Crippen LogP contribution is -2.27. The molecule has 124 valence electrons. The quantitative estimate of drug-likeness (QED) is 0.940. The van der Waals surface area contributed by atoms with Gasteiger partial charge in [0, 0.05) is 30.8 Å². The van der Waals surface area contributed by atoms with Gasteiger partial charge >= 0.3 is 0 Å². The highest BCUT2D eigenvalue weighted by Crippen LogP contribution is 2.13. The highest BCUT2D eigenvalue weighted by molar-refractivity contribution is 5.97. The van der Waals surface area contributed by atoms with Gasteiger partial charge in [-0.15, -0.1) is 0 Å². The topological polar surface area (TPSA) is 49.4 Å². The Hall–Kier alpha value is -2.62. The molecule has 0 radical (unpaired) electrons. The summed E-state index contributed by atoms with van der Waals surface area (Å²) in [4.78, 5) is 26.4. The van der Waals surface area contributed by atoms with E-state index >= 15 is 0 Å². The molecule has 0 aliphatic carbocycles. The molecule has 24 heavy (non-hydrogen) atoms. The Balaban J connectivity index is 1.59. The van der Waals surface area contributed by atoms with E-state index in [-0.39, 0.29) is 11.8 Å². The molecule has 0 unspecified atom stereocenters. The molecule has 0 bridgehead atoms. The second-order valence-corrected chi connectivity index (χ2v) is 6.24. The van der Waals surface area contributed by atoms with E-state index in [2.05, 4.69) is 5.32 Å². The van der Waals surface area contributed by atoms with E-state index in [4.69, 9.17) is 0 Å². The van der Waals surface area contributed by atoms with Gasteiger partial charge in [-0.1, -0.05) is 29.8 Å². The Morgan fingerprint density at radius 1 is 0.917 bits per heavy atom. The second kappa shape index (κ2) is 7.30. The number of aryl methyl sites for hydroxylation is 1. The molecule has 1 aliphatic heterocycles. The molecule has 2 amide bonds. The predicted octanol–water partition coefficient (Wildman–Crippen LogP) is 3.16. The summed E-state index contributed by atoms with van der Waals surface area (Å²) in [6, 6.07) is 15.0. The molecule has 3 rings (SSSR count). The number of hydrogen-bond acceptors (Lipinski definition) is 2. The van der Waals surface area contributed by atoms with Crippen LogP contribution in [0, 0.1) is 6.92 Å². The first-order valence-electron chi connectivity index (χ1n) is 8.36. The molecule has 0 spiro atoms. The molecule has 1 heterocycles. The molecule has 1 saturated heterocycles. The minimum absolute atomic E-state index is 0.0547. The van der Waals surface area contributed by atoms with Crippen LogP contribution in [0.15, 0.2) is 48.5 Å². The number of likely N-dealkylation sites (tertiary alicyclic amines) is 1. The molecule has 2 aromatic carbocycles. The molecule has 0 aromatic heterocycles. The zero-order valence-electron chi connectivity index (χ0n) is 13.9. The molecule has 1 aliphatic rings. The number of hydrogen-bond donors (Lipinski definition) is 1. The Labute approximate surface area is 142 Å². The number of benzene rings is 2. The Bertz CT molecular complexity index is 714. The van der Waals surface area contributed by atoms with Gasteiger partial charge in [-0.05, 0) is 49.6 Å². The predicted molar refractivity (Wildman–Crippen MR) is 93.9 cm³/mol. The van der Waals surface area contributed by atoms with Crippen LogP contribution in [-0.2, 0) is 6.54 Å². The monoisotopic (exact) mass is 322 g/mol. The van der Waals surface area contributed by atoms with Crippen molar-refractivity contribution in [3.05, 3.63) is 70.8 Å². The van der Waals surface area contributed by atoms with Crippen molar-refractivity contribution in [1.29, 1.82) is 0 Å². The molecule has 1 N–H and O–H groups in total. The number of carbonyl (C=O) groups excluding carboxylic acids is 2. The van der Waals surface area contributed by atoms with E-state index in [0.717, 1.165) is 31.5 Å². The highest BCUT2D eigenvalue weighted by Gasteiger charge is 2.19. The van der Waals surface area contributed by atoms with Gasteiger partial charge in [0.05, 0.1) is 0 Å². The normalized spacial score (nSPS) is 13.8. The van der Waals surface area contributed by atoms with Crippen molar-refractivity contribution in [3.8, 4) is 0 Å². The lowest BCUT2D eigenvalue weighted by Gasteiger charge is -2.15. The molecule has 0 saturated carbocycles. The molecular weight excluding hydrogens is 300 g/mol. The van der Waals surface area contributed by atoms with Gasteiger partial charge in [-0.25, -0.2) is 0 Å². The Kier molecular flexibility index (Phi) is 4.94. The van der Waals surface area contributed by atoms with Gasteiger partial charge in [0.15, 0.2) is 0 Å². The molecular formula is C20H22N2O2. The average molecular weight is 322 g/mol. The average Bonchev–Trinajstić information content (AvgIpc) is 3.15. The maximum absolute atomic E-state index is 12.3. The second-order valence-electron chi connectivity index (χ2n) is 6.24. The third kappa shape index (κ3) is 3.82. The summed E-state index contributed by atoms with van der Waals surface area (Å²) < 4.78 is 0. The van der Waals surface area contributed by atoms with Gasteiger partial charge in [0.1, 0.15) is 0 Å². The van der Waals surface area contributed by atoms with Crippen molar-refractivity contribution >= 4 is 11.8 Å². The fourth-order valence-electron chi connectivity index (χ4n) is 2.86. The van der Waals surface area contributed by atoms with Crippen molar-refractivity contribution in [2.75, 3.05) is 13.1 Å². The van der Waals surface area contributed by atoms with E-state index < -0.39 is 0 Å². The van der Waals surface area contributed by atoms with E-state index in [1.165, 1.54) is 5.56 Å². The van der Waals surface area contributed by atoms with Crippen LogP contribution in [0.5, 0.6) is 0 Å². The Morgan fingerprint density at radius 3 is 2.12 bits per heavy atom. The van der Waals surface area contributed by atoms with E-state index in [0.29, 0.717) is 17.7 Å². The van der Waals surface area contributed by atoms with Gasteiger partial charge in [0.2, 0.25) is 0 Å². The van der Waals surface area contributed by atoms with E-state index in [1.807, 2.05) is 36.1 Å². The number of nitrogens with one attached hydrogen (secondary N) is 1. The summed E-state index contributed by atoms with van der Waals surface area (Å²) in [7, 11) is 0. The Morgan fingerprint density at radius 2 is 1.50 bits per heavy atom. The van der Waals surface area contributed by atoms with Crippen LogP contribution in [0.3, 0.4) is 0 Å². The number of rotatable bonds is 4. The zero-order chi connectivity index (χ0) is 16.9. The van der Waals surface area contributed by atoms with Gasteiger partial charge in [-0.3, -0.25) is 9.59 Å². The summed E-state index contributed by atoms with van der Waals surface area (Å²) in [5.41, 5.74) is 3.48. The van der Waals surface area contributed by atoms with Crippen LogP contribution in [0.2, 0.25) is 0 Å². The van der Waals surface area contributed by atoms with Gasteiger partial charge in [-0.2, -0.15) is 0 Å². The van der Waals surface area contributed by atoms with E-state index in [9.17, 15) is 9.59 Å². The first-order valence-corrected chi connectivity index (χ1v) is 8.36.